The first-order valence-corrected chi connectivity index (χ1v) is 6.09. The summed E-state index contributed by atoms with van der Waals surface area (Å²) in [6.45, 7) is 2.03. The summed E-state index contributed by atoms with van der Waals surface area (Å²) >= 11 is 6.11. The zero-order valence-corrected chi connectivity index (χ0v) is 11.3. The van der Waals surface area contributed by atoms with Crippen molar-refractivity contribution in [2.45, 2.75) is 18.8 Å². The minimum Gasteiger partial charge on any atom is -0.347 e. The lowest BCUT2D eigenvalue weighted by Gasteiger charge is -2.13. The Morgan fingerprint density at radius 3 is 2.89 bits per heavy atom. The van der Waals surface area contributed by atoms with E-state index in [4.69, 9.17) is 11.6 Å². The molecule has 1 atom stereocenters. The van der Waals surface area contributed by atoms with Crippen LogP contribution in [0.2, 0.25) is 0 Å². The first-order chi connectivity index (χ1) is 8.50. The third-order valence-corrected chi connectivity index (χ3v) is 2.88. The average molecular weight is 267 g/mol. The number of imidazole rings is 1. The Hall–Kier alpha value is -1.62. The summed E-state index contributed by atoms with van der Waals surface area (Å²) in [6.07, 6.45) is 1.68. The standard InChI is InChI=1S/C12H15ClN4O/c1-8(13)11-15-9-5-4-6-14-12(9)17(11)7-10(18)16(2)3/h4-6,8H,7H2,1-3H3. The molecule has 5 nitrogen and oxygen atoms in total. The van der Waals surface area contributed by atoms with Gasteiger partial charge in [-0.2, -0.15) is 0 Å². The van der Waals surface area contributed by atoms with Crippen LogP contribution in [-0.2, 0) is 11.3 Å². The summed E-state index contributed by atoms with van der Waals surface area (Å²) in [7, 11) is 3.44. The average Bonchev–Trinajstić information content (AvgIpc) is 2.68. The van der Waals surface area contributed by atoms with Gasteiger partial charge in [0.1, 0.15) is 17.9 Å². The molecule has 18 heavy (non-hydrogen) atoms. The van der Waals surface area contributed by atoms with E-state index in [2.05, 4.69) is 9.97 Å². The van der Waals surface area contributed by atoms with Crippen molar-refractivity contribution in [1.29, 1.82) is 0 Å². The van der Waals surface area contributed by atoms with Crippen molar-refractivity contribution in [3.05, 3.63) is 24.2 Å². The van der Waals surface area contributed by atoms with E-state index in [1.807, 2.05) is 19.1 Å². The maximum Gasteiger partial charge on any atom is 0.242 e. The Morgan fingerprint density at radius 1 is 1.56 bits per heavy atom. The van der Waals surface area contributed by atoms with E-state index in [1.54, 1.807) is 24.9 Å². The van der Waals surface area contributed by atoms with Gasteiger partial charge in [0.05, 0.1) is 5.38 Å². The topological polar surface area (TPSA) is 51.0 Å². The molecule has 0 aliphatic carbocycles. The van der Waals surface area contributed by atoms with Crippen LogP contribution in [0, 0.1) is 0 Å². The Labute approximate surface area is 110 Å². The van der Waals surface area contributed by atoms with Crippen molar-refractivity contribution in [2.75, 3.05) is 14.1 Å². The largest absolute Gasteiger partial charge is 0.347 e. The van der Waals surface area contributed by atoms with Crippen molar-refractivity contribution < 1.29 is 4.79 Å². The van der Waals surface area contributed by atoms with Crippen molar-refractivity contribution in [3.8, 4) is 0 Å². The Kier molecular flexibility index (Phi) is 3.52. The number of hydrogen-bond donors (Lipinski definition) is 0. The third-order valence-electron chi connectivity index (χ3n) is 2.68. The van der Waals surface area contributed by atoms with Crippen LogP contribution < -0.4 is 0 Å². The molecule has 0 aliphatic heterocycles. The van der Waals surface area contributed by atoms with Crippen LogP contribution in [0.4, 0.5) is 0 Å². The van der Waals surface area contributed by atoms with Gasteiger partial charge in [-0.25, -0.2) is 9.97 Å². The quantitative estimate of drug-likeness (QED) is 0.797. The number of amides is 1. The van der Waals surface area contributed by atoms with E-state index >= 15 is 0 Å². The van der Waals surface area contributed by atoms with E-state index < -0.39 is 0 Å². The van der Waals surface area contributed by atoms with Gasteiger partial charge in [0.2, 0.25) is 5.91 Å². The number of fused-ring (bicyclic) bond motifs is 1. The lowest BCUT2D eigenvalue weighted by molar-refractivity contribution is -0.129. The molecule has 6 heteroatoms. The second-order valence-corrected chi connectivity index (χ2v) is 4.96. The van der Waals surface area contributed by atoms with Gasteiger partial charge in [0.25, 0.3) is 0 Å². The lowest BCUT2D eigenvalue weighted by atomic mass is 10.4. The highest BCUT2D eigenvalue weighted by Crippen LogP contribution is 2.23. The number of pyridine rings is 1. The van der Waals surface area contributed by atoms with E-state index in [9.17, 15) is 4.79 Å². The van der Waals surface area contributed by atoms with Crippen LogP contribution in [0.15, 0.2) is 18.3 Å². The third kappa shape index (κ3) is 2.31. The van der Waals surface area contributed by atoms with Crippen LogP contribution in [0.3, 0.4) is 0 Å². The Balaban J connectivity index is 2.52. The zero-order valence-electron chi connectivity index (χ0n) is 10.6. The van der Waals surface area contributed by atoms with Gasteiger partial charge in [-0.15, -0.1) is 11.6 Å². The molecule has 0 aliphatic rings. The molecule has 2 heterocycles. The summed E-state index contributed by atoms with van der Waals surface area (Å²) in [6, 6.07) is 3.68. The van der Waals surface area contributed by atoms with Gasteiger partial charge in [-0.1, -0.05) is 0 Å². The van der Waals surface area contributed by atoms with Gasteiger partial charge in [0.15, 0.2) is 5.65 Å². The highest BCUT2D eigenvalue weighted by atomic mass is 35.5. The van der Waals surface area contributed by atoms with E-state index in [-0.39, 0.29) is 17.8 Å². The molecule has 1 amide bonds. The lowest BCUT2D eigenvalue weighted by Crippen LogP contribution is -2.27. The minimum atomic E-state index is -0.269. The molecule has 0 bridgehead atoms. The highest BCUT2D eigenvalue weighted by molar-refractivity contribution is 6.20. The van der Waals surface area contributed by atoms with E-state index in [0.717, 1.165) is 5.52 Å². The molecule has 2 aromatic rings. The van der Waals surface area contributed by atoms with Crippen molar-refractivity contribution in [1.82, 2.24) is 19.4 Å². The molecular formula is C12H15ClN4O. The SMILES string of the molecule is CC(Cl)c1nc2cccnc2n1CC(=O)N(C)C. The number of carbonyl (C=O) groups is 1. The molecule has 0 spiro atoms. The number of hydrogen-bond acceptors (Lipinski definition) is 3. The molecule has 2 aromatic heterocycles. The number of aromatic nitrogens is 3. The van der Waals surface area contributed by atoms with E-state index in [0.29, 0.717) is 11.5 Å². The number of halogens is 1. The maximum absolute atomic E-state index is 11.8. The van der Waals surface area contributed by atoms with Gasteiger partial charge in [0, 0.05) is 20.3 Å². The van der Waals surface area contributed by atoms with E-state index in [1.165, 1.54) is 4.90 Å². The molecule has 0 N–H and O–H groups in total. The summed E-state index contributed by atoms with van der Waals surface area (Å²) in [5, 5.41) is -0.269. The normalized spacial score (nSPS) is 12.7. The fourth-order valence-corrected chi connectivity index (χ4v) is 1.88. The molecular weight excluding hydrogens is 252 g/mol. The van der Waals surface area contributed by atoms with Crippen LogP contribution in [-0.4, -0.2) is 39.4 Å². The molecule has 0 saturated heterocycles. The number of likely N-dealkylation sites (N-methyl/N-ethyl adjacent to an activating group) is 1. The summed E-state index contributed by atoms with van der Waals surface area (Å²) in [4.78, 5) is 22.1. The monoisotopic (exact) mass is 266 g/mol. The summed E-state index contributed by atoms with van der Waals surface area (Å²) in [5.41, 5.74) is 1.45. The first-order valence-electron chi connectivity index (χ1n) is 5.66. The fourth-order valence-electron chi connectivity index (χ4n) is 1.71. The van der Waals surface area contributed by atoms with Crippen molar-refractivity contribution >= 4 is 28.7 Å². The maximum atomic E-state index is 11.8. The van der Waals surface area contributed by atoms with Crippen LogP contribution in [0.25, 0.3) is 11.2 Å². The zero-order chi connectivity index (χ0) is 13.3. The first kappa shape index (κ1) is 12.8. The number of rotatable bonds is 3. The fraction of sp³-hybridized carbons (Fsp3) is 0.417. The van der Waals surface area contributed by atoms with Crippen molar-refractivity contribution in [3.63, 3.8) is 0 Å². The molecule has 0 aromatic carbocycles. The summed E-state index contributed by atoms with van der Waals surface area (Å²) in [5.74, 6) is 0.652. The Morgan fingerprint density at radius 2 is 2.28 bits per heavy atom. The summed E-state index contributed by atoms with van der Waals surface area (Å²) < 4.78 is 1.77. The smallest absolute Gasteiger partial charge is 0.242 e. The number of nitrogens with zero attached hydrogens (tertiary/aromatic N) is 4. The van der Waals surface area contributed by atoms with Crippen LogP contribution in [0.1, 0.15) is 18.1 Å². The minimum absolute atomic E-state index is 0.0153. The molecule has 1 unspecified atom stereocenters. The molecule has 0 fully saturated rings. The molecule has 0 saturated carbocycles. The molecule has 96 valence electrons. The predicted molar refractivity (Wildman–Crippen MR) is 70.5 cm³/mol. The van der Waals surface area contributed by atoms with Gasteiger partial charge >= 0.3 is 0 Å². The second-order valence-electron chi connectivity index (χ2n) is 4.31. The van der Waals surface area contributed by atoms with Gasteiger partial charge in [-0.05, 0) is 19.1 Å². The second kappa shape index (κ2) is 4.94. The van der Waals surface area contributed by atoms with Crippen LogP contribution in [0.5, 0.6) is 0 Å². The highest BCUT2D eigenvalue weighted by Gasteiger charge is 2.18. The van der Waals surface area contributed by atoms with Crippen molar-refractivity contribution in [2.24, 2.45) is 0 Å². The molecule has 2 rings (SSSR count). The van der Waals surface area contributed by atoms with Crippen LogP contribution >= 0.6 is 11.6 Å². The number of carbonyl (C=O) groups excluding carboxylic acids is 1. The van der Waals surface area contributed by atoms with Gasteiger partial charge < -0.3 is 9.47 Å². The Bertz CT molecular complexity index is 576. The van der Waals surface area contributed by atoms with Gasteiger partial charge in [-0.3, -0.25) is 4.79 Å². The molecule has 0 radical (unpaired) electrons. The number of alkyl halides is 1. The predicted octanol–water partition coefficient (Wildman–Crippen LogP) is 1.82.